The molecule has 0 N–H and O–H groups in total. The molecule has 2 aliphatic carbocycles. The van der Waals surface area contributed by atoms with E-state index in [2.05, 4.69) is 49.9 Å². The molecular formula is C23H26O. The highest BCUT2D eigenvalue weighted by Crippen LogP contribution is 2.39. The van der Waals surface area contributed by atoms with Crippen LogP contribution in [0.1, 0.15) is 38.2 Å². The number of allylic oxidation sites excluding steroid dienone is 7. The maximum atomic E-state index is 12.3. The van der Waals surface area contributed by atoms with Gasteiger partial charge < -0.3 is 0 Å². The minimum absolute atomic E-state index is 0.00609. The summed E-state index contributed by atoms with van der Waals surface area (Å²) in [5, 5.41) is 0. The normalized spacial score (nSPS) is 24.1. The molecule has 0 heterocycles. The van der Waals surface area contributed by atoms with Crippen molar-refractivity contribution in [2.75, 3.05) is 0 Å². The quantitative estimate of drug-likeness (QED) is 0.706. The van der Waals surface area contributed by atoms with Gasteiger partial charge in [-0.2, -0.15) is 0 Å². The third-order valence-corrected chi connectivity index (χ3v) is 5.22. The van der Waals surface area contributed by atoms with Crippen LogP contribution in [-0.4, -0.2) is 5.78 Å². The maximum Gasteiger partial charge on any atom is 0.163 e. The molecule has 1 saturated carbocycles. The highest BCUT2D eigenvalue weighted by molar-refractivity contribution is 5.97. The second-order valence-corrected chi connectivity index (χ2v) is 7.08. The van der Waals surface area contributed by atoms with Crippen LogP contribution in [0.4, 0.5) is 0 Å². The Kier molecular flexibility index (Phi) is 5.30. The lowest BCUT2D eigenvalue weighted by Gasteiger charge is -2.27. The lowest BCUT2D eigenvalue weighted by atomic mass is 9.76. The average Bonchev–Trinajstić information content (AvgIpc) is 3.09. The van der Waals surface area contributed by atoms with Gasteiger partial charge in [-0.1, -0.05) is 73.6 Å². The van der Waals surface area contributed by atoms with Gasteiger partial charge in [-0.15, -0.1) is 0 Å². The second kappa shape index (κ2) is 7.61. The molecule has 0 aliphatic heterocycles. The number of rotatable bonds is 4. The van der Waals surface area contributed by atoms with Crippen molar-refractivity contribution in [3.8, 4) is 0 Å². The summed E-state index contributed by atoms with van der Waals surface area (Å²) in [5.41, 5.74) is 4.75. The molecule has 1 heteroatoms. The zero-order valence-electron chi connectivity index (χ0n) is 14.5. The van der Waals surface area contributed by atoms with E-state index < -0.39 is 0 Å². The first-order valence-corrected chi connectivity index (χ1v) is 8.97. The highest BCUT2D eigenvalue weighted by atomic mass is 16.1. The molecule has 1 nitrogen and oxygen atoms in total. The van der Waals surface area contributed by atoms with E-state index in [-0.39, 0.29) is 11.7 Å². The summed E-state index contributed by atoms with van der Waals surface area (Å²) in [5.74, 6) is 0.744. The lowest BCUT2D eigenvalue weighted by Crippen LogP contribution is -2.25. The molecule has 1 atom stereocenters. The third-order valence-electron chi connectivity index (χ3n) is 5.22. The molecule has 124 valence electrons. The van der Waals surface area contributed by atoms with E-state index in [1.54, 1.807) is 6.08 Å². The van der Waals surface area contributed by atoms with Crippen molar-refractivity contribution in [2.24, 2.45) is 11.8 Å². The Balaban J connectivity index is 1.74. The van der Waals surface area contributed by atoms with E-state index in [1.165, 1.54) is 36.8 Å². The molecule has 2 aliphatic rings. The summed E-state index contributed by atoms with van der Waals surface area (Å²) in [6, 6.07) is 10.5. The Morgan fingerprint density at radius 2 is 1.88 bits per heavy atom. The van der Waals surface area contributed by atoms with Crippen molar-refractivity contribution in [3.05, 3.63) is 83.5 Å². The van der Waals surface area contributed by atoms with Crippen LogP contribution in [0.3, 0.4) is 0 Å². The van der Waals surface area contributed by atoms with Gasteiger partial charge >= 0.3 is 0 Å². The Hall–Kier alpha value is -2.15. The van der Waals surface area contributed by atoms with E-state index in [9.17, 15) is 4.79 Å². The minimum Gasteiger partial charge on any atom is -0.294 e. The first-order valence-electron chi connectivity index (χ1n) is 8.97. The fourth-order valence-electron chi connectivity index (χ4n) is 3.91. The molecule has 1 unspecified atom stereocenters. The van der Waals surface area contributed by atoms with Gasteiger partial charge in [0.15, 0.2) is 5.78 Å². The number of carbonyl (C=O) groups excluding carboxylic acids is 1. The van der Waals surface area contributed by atoms with Gasteiger partial charge in [0.05, 0.1) is 0 Å². The monoisotopic (exact) mass is 318 g/mol. The van der Waals surface area contributed by atoms with Crippen LogP contribution in [0, 0.1) is 11.8 Å². The summed E-state index contributed by atoms with van der Waals surface area (Å²) < 4.78 is 0. The highest BCUT2D eigenvalue weighted by Gasteiger charge is 2.33. The molecule has 0 aromatic heterocycles. The van der Waals surface area contributed by atoms with Crippen molar-refractivity contribution in [2.45, 2.75) is 39.0 Å². The minimum atomic E-state index is 0.00609. The first kappa shape index (κ1) is 16.7. The molecule has 3 rings (SSSR count). The standard InChI is InChI=1S/C23H26O/c1-17(16-19-8-4-3-5-9-19)12-13-20-14-15-22(24)23(18(20)2)21-10-6-7-11-21/h3-5,8-9,12-15,21,23H,2,6-7,10-11,16H2,1H3/b17-12+,20-13-. The predicted octanol–water partition coefficient (Wildman–Crippen LogP) is 5.60. The SMILES string of the molecule is C=C1/C(=C\C=C(/C)Cc2ccccc2)C=CC(=O)C1C1CCCC1. The fourth-order valence-corrected chi connectivity index (χ4v) is 3.91. The molecule has 1 aromatic carbocycles. The van der Waals surface area contributed by atoms with Crippen LogP contribution in [0.15, 0.2) is 77.9 Å². The smallest absolute Gasteiger partial charge is 0.163 e. The fraction of sp³-hybridized carbons (Fsp3) is 0.348. The van der Waals surface area contributed by atoms with Crippen molar-refractivity contribution in [1.29, 1.82) is 0 Å². The molecule has 0 bridgehead atoms. The molecule has 0 spiro atoms. The van der Waals surface area contributed by atoms with Crippen LogP contribution in [0.25, 0.3) is 0 Å². The van der Waals surface area contributed by atoms with Crippen LogP contribution in [-0.2, 0) is 11.2 Å². The van der Waals surface area contributed by atoms with Crippen LogP contribution >= 0.6 is 0 Å². The predicted molar refractivity (Wildman–Crippen MR) is 101 cm³/mol. The van der Waals surface area contributed by atoms with Gasteiger partial charge in [-0.3, -0.25) is 4.79 Å². The van der Waals surface area contributed by atoms with Gasteiger partial charge in [0.25, 0.3) is 0 Å². The maximum absolute atomic E-state index is 12.3. The van der Waals surface area contributed by atoms with E-state index in [4.69, 9.17) is 0 Å². The number of ketones is 1. The summed E-state index contributed by atoms with van der Waals surface area (Å²) in [4.78, 5) is 12.3. The van der Waals surface area contributed by atoms with Crippen LogP contribution < -0.4 is 0 Å². The van der Waals surface area contributed by atoms with E-state index in [0.717, 1.165) is 17.6 Å². The average molecular weight is 318 g/mol. The summed E-state index contributed by atoms with van der Waals surface area (Å²) in [7, 11) is 0. The molecule has 0 radical (unpaired) electrons. The number of hydrogen-bond donors (Lipinski definition) is 0. The third kappa shape index (κ3) is 3.84. The topological polar surface area (TPSA) is 17.1 Å². The molecule has 0 amide bonds. The molecular weight excluding hydrogens is 292 g/mol. The van der Waals surface area contributed by atoms with E-state index >= 15 is 0 Å². The summed E-state index contributed by atoms with van der Waals surface area (Å²) in [6.07, 6.45) is 13.8. The Bertz CT molecular complexity index is 697. The molecule has 24 heavy (non-hydrogen) atoms. The van der Waals surface area contributed by atoms with Crippen molar-refractivity contribution in [1.82, 2.24) is 0 Å². The largest absolute Gasteiger partial charge is 0.294 e. The van der Waals surface area contributed by atoms with Gasteiger partial charge in [0.2, 0.25) is 0 Å². The van der Waals surface area contributed by atoms with Gasteiger partial charge in [0.1, 0.15) is 0 Å². The Morgan fingerprint density at radius 1 is 1.17 bits per heavy atom. The van der Waals surface area contributed by atoms with Gasteiger partial charge in [-0.05, 0) is 54.9 Å². The Labute approximate surface area is 145 Å². The van der Waals surface area contributed by atoms with Crippen LogP contribution in [0.5, 0.6) is 0 Å². The van der Waals surface area contributed by atoms with Crippen molar-refractivity contribution >= 4 is 5.78 Å². The van der Waals surface area contributed by atoms with Crippen molar-refractivity contribution < 1.29 is 4.79 Å². The van der Waals surface area contributed by atoms with Crippen LogP contribution in [0.2, 0.25) is 0 Å². The van der Waals surface area contributed by atoms with Gasteiger partial charge in [0, 0.05) is 5.92 Å². The zero-order valence-corrected chi connectivity index (χ0v) is 14.5. The van der Waals surface area contributed by atoms with Crippen molar-refractivity contribution in [3.63, 3.8) is 0 Å². The molecule has 0 saturated heterocycles. The number of benzene rings is 1. The van der Waals surface area contributed by atoms with Gasteiger partial charge in [-0.25, -0.2) is 0 Å². The number of hydrogen-bond acceptors (Lipinski definition) is 1. The first-order chi connectivity index (χ1) is 11.6. The molecule has 1 aromatic rings. The lowest BCUT2D eigenvalue weighted by molar-refractivity contribution is -0.118. The second-order valence-electron chi connectivity index (χ2n) is 7.08. The number of carbonyl (C=O) groups is 1. The summed E-state index contributed by atoms with van der Waals surface area (Å²) >= 11 is 0. The van der Waals surface area contributed by atoms with E-state index in [0.29, 0.717) is 5.92 Å². The van der Waals surface area contributed by atoms with E-state index in [1.807, 2.05) is 12.1 Å². The molecule has 1 fully saturated rings. The zero-order chi connectivity index (χ0) is 16.9. The summed E-state index contributed by atoms with van der Waals surface area (Å²) in [6.45, 7) is 6.42. The Morgan fingerprint density at radius 3 is 2.58 bits per heavy atom.